The zero-order valence-electron chi connectivity index (χ0n) is 15.6. The average Bonchev–Trinajstić information content (AvgIpc) is 3.24. The Bertz CT molecular complexity index is 1220. The number of fused-ring (bicyclic) bond motifs is 3. The second-order valence-corrected chi connectivity index (χ2v) is 7.08. The van der Waals surface area contributed by atoms with Crippen LogP contribution in [0, 0.1) is 6.92 Å². The summed E-state index contributed by atoms with van der Waals surface area (Å²) >= 11 is 1.00. The van der Waals surface area contributed by atoms with Gasteiger partial charge in [0, 0.05) is 16.8 Å². The number of para-hydroxylation sites is 1. The van der Waals surface area contributed by atoms with Crippen molar-refractivity contribution in [2.45, 2.75) is 6.92 Å². The van der Waals surface area contributed by atoms with Gasteiger partial charge in [-0.1, -0.05) is 18.2 Å². The lowest BCUT2D eigenvalue weighted by Gasteiger charge is -2.10. The fourth-order valence-electron chi connectivity index (χ4n) is 3.04. The first-order valence-electron chi connectivity index (χ1n) is 8.66. The molecule has 0 saturated heterocycles. The van der Waals surface area contributed by atoms with E-state index < -0.39 is 18.5 Å². The zero-order valence-corrected chi connectivity index (χ0v) is 16.5. The number of carbonyl (C=O) groups is 2. The lowest BCUT2D eigenvalue weighted by molar-refractivity contribution is -0.119. The van der Waals surface area contributed by atoms with Crippen LogP contribution in [-0.2, 0) is 9.53 Å². The number of nitrogens with one attached hydrogen (secondary N) is 1. The van der Waals surface area contributed by atoms with Crippen molar-refractivity contribution in [3.63, 3.8) is 0 Å². The Morgan fingerprint density at radius 3 is 2.72 bits per heavy atom. The molecule has 2 heterocycles. The van der Waals surface area contributed by atoms with Gasteiger partial charge in [0.05, 0.1) is 18.5 Å². The molecule has 0 unspecified atom stereocenters. The number of nitrogens with two attached hydrogens (primary N) is 1. The Labute approximate surface area is 169 Å². The molecule has 2 aromatic heterocycles. The number of anilines is 2. The van der Waals surface area contributed by atoms with Gasteiger partial charge in [-0.25, -0.2) is 4.79 Å². The summed E-state index contributed by atoms with van der Waals surface area (Å²) in [6.45, 7) is 1.17. The van der Waals surface area contributed by atoms with Gasteiger partial charge < -0.3 is 24.9 Å². The van der Waals surface area contributed by atoms with Crippen LogP contribution in [0.2, 0.25) is 0 Å². The van der Waals surface area contributed by atoms with Crippen LogP contribution in [0.15, 0.2) is 40.8 Å². The third kappa shape index (κ3) is 3.47. The minimum absolute atomic E-state index is 0.184. The largest absolute Gasteiger partial charge is 0.495 e. The monoisotopic (exact) mass is 411 g/mol. The number of esters is 1. The van der Waals surface area contributed by atoms with E-state index in [9.17, 15) is 9.59 Å². The number of ether oxygens (including phenoxy) is 2. The summed E-state index contributed by atoms with van der Waals surface area (Å²) < 4.78 is 20.3. The SMILES string of the molecule is COc1cc2c(cc1NC(=O)COC(=O)c1c(C)nsc1N)oc1ccccc12. The van der Waals surface area contributed by atoms with Gasteiger partial charge in [-0.05, 0) is 30.6 Å². The maximum atomic E-state index is 12.3. The first kappa shape index (κ1) is 18.8. The van der Waals surface area contributed by atoms with Gasteiger partial charge in [0.2, 0.25) is 0 Å². The molecule has 0 radical (unpaired) electrons. The molecular weight excluding hydrogens is 394 g/mol. The van der Waals surface area contributed by atoms with Crippen molar-refractivity contribution in [3.05, 3.63) is 47.7 Å². The van der Waals surface area contributed by atoms with Crippen molar-refractivity contribution in [2.75, 3.05) is 24.8 Å². The molecular formula is C20H17N3O5S. The predicted molar refractivity (Wildman–Crippen MR) is 110 cm³/mol. The van der Waals surface area contributed by atoms with Crippen molar-refractivity contribution in [1.29, 1.82) is 0 Å². The fourth-order valence-corrected chi connectivity index (χ4v) is 3.69. The zero-order chi connectivity index (χ0) is 20.5. The second-order valence-electron chi connectivity index (χ2n) is 6.28. The summed E-state index contributed by atoms with van der Waals surface area (Å²) in [6.07, 6.45) is 0. The molecule has 0 atom stereocenters. The number of methoxy groups -OCH3 is 1. The maximum Gasteiger partial charge on any atom is 0.343 e. The standard InChI is InChI=1S/C20H17N3O5S/c1-10-18(19(21)29-23-10)20(25)27-9-17(24)22-13-8-15-12(7-16(13)26-2)11-5-3-4-6-14(11)28-15/h3-8H,9,21H2,1-2H3,(H,22,24). The number of rotatable bonds is 5. The van der Waals surface area contributed by atoms with Crippen LogP contribution >= 0.6 is 11.5 Å². The molecule has 0 aliphatic rings. The van der Waals surface area contributed by atoms with Crippen LogP contribution in [0.1, 0.15) is 16.1 Å². The van der Waals surface area contributed by atoms with Crippen molar-refractivity contribution in [3.8, 4) is 5.75 Å². The first-order valence-corrected chi connectivity index (χ1v) is 9.43. The summed E-state index contributed by atoms with van der Waals surface area (Å²) in [4.78, 5) is 24.5. The van der Waals surface area contributed by atoms with E-state index in [-0.39, 0.29) is 10.6 Å². The van der Waals surface area contributed by atoms with Crippen LogP contribution in [0.25, 0.3) is 21.9 Å². The lowest BCUT2D eigenvalue weighted by Crippen LogP contribution is -2.21. The summed E-state index contributed by atoms with van der Waals surface area (Å²) in [5, 5.41) is 4.76. The number of hydrogen-bond donors (Lipinski definition) is 2. The summed E-state index contributed by atoms with van der Waals surface area (Å²) in [7, 11) is 1.51. The fraction of sp³-hybridized carbons (Fsp3) is 0.150. The van der Waals surface area contributed by atoms with Crippen LogP contribution in [0.5, 0.6) is 5.75 Å². The smallest absolute Gasteiger partial charge is 0.343 e. The number of nitrogens with zero attached hydrogens (tertiary/aromatic N) is 1. The molecule has 29 heavy (non-hydrogen) atoms. The van der Waals surface area contributed by atoms with Gasteiger partial charge in [-0.3, -0.25) is 4.79 Å². The number of carbonyl (C=O) groups excluding carboxylic acids is 2. The first-order chi connectivity index (χ1) is 14.0. The molecule has 2 aromatic carbocycles. The minimum Gasteiger partial charge on any atom is -0.495 e. The molecule has 148 valence electrons. The van der Waals surface area contributed by atoms with Crippen molar-refractivity contribution < 1.29 is 23.5 Å². The van der Waals surface area contributed by atoms with E-state index in [1.807, 2.05) is 24.3 Å². The van der Waals surface area contributed by atoms with E-state index in [1.165, 1.54) is 7.11 Å². The summed E-state index contributed by atoms with van der Waals surface area (Å²) in [5.41, 5.74) is 8.12. The number of furan rings is 1. The molecule has 1 amide bonds. The number of aromatic nitrogens is 1. The van der Waals surface area contributed by atoms with E-state index in [0.717, 1.165) is 27.9 Å². The number of aryl methyl sites for hydroxylation is 1. The van der Waals surface area contributed by atoms with E-state index >= 15 is 0 Å². The third-order valence-corrected chi connectivity index (χ3v) is 5.17. The predicted octanol–water partition coefficient (Wildman–Crippen LogP) is 3.74. The number of nitrogen functional groups attached to an aromatic ring is 1. The highest BCUT2D eigenvalue weighted by Crippen LogP contribution is 2.36. The Morgan fingerprint density at radius 1 is 1.21 bits per heavy atom. The quantitative estimate of drug-likeness (QED) is 0.481. The van der Waals surface area contributed by atoms with Crippen LogP contribution in [-0.4, -0.2) is 30.0 Å². The highest BCUT2D eigenvalue weighted by molar-refractivity contribution is 7.10. The van der Waals surface area contributed by atoms with Crippen LogP contribution < -0.4 is 15.8 Å². The normalized spacial score (nSPS) is 11.0. The average molecular weight is 411 g/mol. The second kappa shape index (κ2) is 7.44. The van der Waals surface area contributed by atoms with Crippen molar-refractivity contribution in [1.82, 2.24) is 4.37 Å². The molecule has 3 N–H and O–H groups in total. The summed E-state index contributed by atoms with van der Waals surface area (Å²) in [5.74, 6) is -0.749. The molecule has 0 aliphatic heterocycles. The van der Waals surface area contributed by atoms with Gasteiger partial charge in [-0.15, -0.1) is 0 Å². The van der Waals surface area contributed by atoms with Gasteiger partial charge in [0.25, 0.3) is 5.91 Å². The Balaban J connectivity index is 1.53. The summed E-state index contributed by atoms with van der Waals surface area (Å²) in [6, 6.07) is 11.1. The van der Waals surface area contributed by atoms with Gasteiger partial charge in [-0.2, -0.15) is 4.37 Å². The number of benzene rings is 2. The van der Waals surface area contributed by atoms with E-state index in [1.54, 1.807) is 19.1 Å². The van der Waals surface area contributed by atoms with Crippen LogP contribution in [0.3, 0.4) is 0 Å². The van der Waals surface area contributed by atoms with E-state index in [4.69, 9.17) is 19.6 Å². The van der Waals surface area contributed by atoms with Crippen molar-refractivity contribution >= 4 is 56.0 Å². The highest BCUT2D eigenvalue weighted by Gasteiger charge is 2.20. The lowest BCUT2D eigenvalue weighted by atomic mass is 10.1. The number of hydrogen-bond acceptors (Lipinski definition) is 8. The molecule has 4 rings (SSSR count). The molecule has 4 aromatic rings. The van der Waals surface area contributed by atoms with Gasteiger partial charge >= 0.3 is 5.97 Å². The maximum absolute atomic E-state index is 12.3. The topological polar surface area (TPSA) is 117 Å². The Morgan fingerprint density at radius 2 is 2.00 bits per heavy atom. The van der Waals surface area contributed by atoms with Gasteiger partial charge in [0.1, 0.15) is 27.5 Å². The molecule has 0 saturated carbocycles. The number of amides is 1. The minimum atomic E-state index is -0.691. The molecule has 0 bridgehead atoms. The van der Waals surface area contributed by atoms with E-state index in [2.05, 4.69) is 9.69 Å². The van der Waals surface area contributed by atoms with Crippen molar-refractivity contribution in [2.24, 2.45) is 0 Å². The molecule has 0 aliphatic carbocycles. The van der Waals surface area contributed by atoms with E-state index in [0.29, 0.717) is 22.7 Å². The Kier molecular flexibility index (Phi) is 4.81. The van der Waals surface area contributed by atoms with Crippen LogP contribution in [0.4, 0.5) is 10.7 Å². The Hall–Kier alpha value is -3.59. The molecule has 0 fully saturated rings. The molecule has 9 heteroatoms. The molecule has 0 spiro atoms. The third-order valence-electron chi connectivity index (χ3n) is 4.40. The highest BCUT2D eigenvalue weighted by atomic mass is 32.1. The molecule has 8 nitrogen and oxygen atoms in total. The van der Waals surface area contributed by atoms with Gasteiger partial charge in [0.15, 0.2) is 6.61 Å².